The van der Waals surface area contributed by atoms with E-state index in [9.17, 15) is 9.59 Å². The lowest BCUT2D eigenvalue weighted by molar-refractivity contribution is -0.141. The first-order valence-electron chi connectivity index (χ1n) is 5.49. The number of nitrogens with one attached hydrogen (secondary N) is 1. The summed E-state index contributed by atoms with van der Waals surface area (Å²) in [5, 5.41) is 2.75. The van der Waals surface area contributed by atoms with Crippen molar-refractivity contribution in [1.82, 2.24) is 0 Å². The molecule has 1 unspecified atom stereocenters. The van der Waals surface area contributed by atoms with E-state index in [4.69, 9.17) is 5.73 Å². The summed E-state index contributed by atoms with van der Waals surface area (Å²) in [4.78, 5) is 22.7. The molecule has 7 heteroatoms. The summed E-state index contributed by atoms with van der Waals surface area (Å²) in [6, 6.07) is 6.62. The molecule has 0 aromatic heterocycles. The predicted octanol–water partition coefficient (Wildman–Crippen LogP) is 1.62. The molecular weight excluding hydrogens is 332 g/mol. The number of carbonyl (C=O) groups excluding carboxylic acids is 2. The van der Waals surface area contributed by atoms with Crippen LogP contribution in [0.15, 0.2) is 28.7 Å². The third-order valence-corrected chi connectivity index (χ3v) is 3.70. The number of halogens is 1. The second-order valence-corrected chi connectivity index (χ2v) is 5.65. The molecule has 3 N–H and O–H groups in total. The van der Waals surface area contributed by atoms with Crippen molar-refractivity contribution in [3.8, 4) is 0 Å². The molecule has 19 heavy (non-hydrogen) atoms. The Balaban J connectivity index is 2.30. The van der Waals surface area contributed by atoms with Gasteiger partial charge in [0, 0.05) is 15.9 Å². The fraction of sp³-hybridized carbons (Fsp3) is 0.333. The van der Waals surface area contributed by atoms with Crippen molar-refractivity contribution in [3.05, 3.63) is 28.7 Å². The molecular formula is C12H15BrN2O3S. The molecule has 104 valence electrons. The number of anilines is 1. The van der Waals surface area contributed by atoms with Gasteiger partial charge < -0.3 is 15.8 Å². The maximum atomic E-state index is 11.6. The number of thioether (sulfide) groups is 1. The summed E-state index contributed by atoms with van der Waals surface area (Å²) in [6.07, 6.45) is 0. The van der Waals surface area contributed by atoms with Gasteiger partial charge in [-0.25, -0.2) is 0 Å². The Bertz CT molecular complexity index is 456. The number of amides is 1. The number of hydrogen-bond donors (Lipinski definition) is 2. The van der Waals surface area contributed by atoms with Crippen molar-refractivity contribution < 1.29 is 14.3 Å². The van der Waals surface area contributed by atoms with Crippen LogP contribution in [-0.4, -0.2) is 36.5 Å². The normalized spacial score (nSPS) is 11.7. The molecule has 0 spiro atoms. The van der Waals surface area contributed by atoms with E-state index in [0.717, 1.165) is 10.2 Å². The number of hydrogen-bond acceptors (Lipinski definition) is 5. The molecule has 0 aliphatic rings. The molecule has 0 saturated heterocycles. The van der Waals surface area contributed by atoms with Gasteiger partial charge in [-0.05, 0) is 18.2 Å². The van der Waals surface area contributed by atoms with E-state index in [1.807, 2.05) is 18.2 Å². The van der Waals surface area contributed by atoms with E-state index >= 15 is 0 Å². The minimum Gasteiger partial charge on any atom is -0.468 e. The Hall–Kier alpha value is -1.05. The molecule has 0 aliphatic carbocycles. The van der Waals surface area contributed by atoms with Crippen LogP contribution in [0.5, 0.6) is 0 Å². The van der Waals surface area contributed by atoms with Crippen molar-refractivity contribution >= 4 is 45.3 Å². The van der Waals surface area contributed by atoms with Gasteiger partial charge in [-0.2, -0.15) is 0 Å². The second kappa shape index (κ2) is 8.19. The van der Waals surface area contributed by atoms with E-state index in [0.29, 0.717) is 5.75 Å². The number of esters is 1. The quantitative estimate of drug-likeness (QED) is 0.765. The third kappa shape index (κ3) is 6.09. The summed E-state index contributed by atoms with van der Waals surface area (Å²) < 4.78 is 5.39. The molecule has 1 amide bonds. The summed E-state index contributed by atoms with van der Waals surface area (Å²) in [5.74, 6) is -0.0319. The van der Waals surface area contributed by atoms with E-state index in [-0.39, 0.29) is 11.7 Å². The second-order valence-electron chi connectivity index (χ2n) is 3.70. The molecule has 0 heterocycles. The first kappa shape index (κ1) is 16.0. The van der Waals surface area contributed by atoms with E-state index in [1.165, 1.54) is 18.9 Å². The minimum absolute atomic E-state index is 0.139. The predicted molar refractivity (Wildman–Crippen MR) is 80.1 cm³/mol. The molecule has 5 nitrogen and oxygen atoms in total. The largest absolute Gasteiger partial charge is 0.468 e. The highest BCUT2D eigenvalue weighted by Gasteiger charge is 2.14. The van der Waals surface area contributed by atoms with Crippen LogP contribution in [0.2, 0.25) is 0 Å². The minimum atomic E-state index is -0.700. The van der Waals surface area contributed by atoms with Gasteiger partial charge in [-0.15, -0.1) is 11.8 Å². The smallest absolute Gasteiger partial charge is 0.323 e. The monoisotopic (exact) mass is 346 g/mol. The fourth-order valence-corrected chi connectivity index (χ4v) is 2.43. The van der Waals surface area contributed by atoms with Gasteiger partial charge in [0.05, 0.1) is 12.9 Å². The lowest BCUT2D eigenvalue weighted by Crippen LogP contribution is -2.34. The molecule has 0 radical (unpaired) electrons. The molecule has 1 atom stereocenters. The van der Waals surface area contributed by atoms with Gasteiger partial charge in [0.1, 0.15) is 6.04 Å². The molecule has 1 rings (SSSR count). The van der Waals surface area contributed by atoms with E-state index < -0.39 is 12.0 Å². The first-order chi connectivity index (χ1) is 9.02. The summed E-state index contributed by atoms with van der Waals surface area (Å²) >= 11 is 4.61. The maximum absolute atomic E-state index is 11.6. The zero-order valence-electron chi connectivity index (χ0n) is 10.4. The number of methoxy groups -OCH3 is 1. The topological polar surface area (TPSA) is 81.4 Å². The Kier molecular flexibility index (Phi) is 6.90. The van der Waals surface area contributed by atoms with Crippen molar-refractivity contribution in [3.63, 3.8) is 0 Å². The number of carbonyl (C=O) groups is 2. The van der Waals surface area contributed by atoms with Crippen LogP contribution in [-0.2, 0) is 14.3 Å². The SMILES string of the molecule is COC(=O)C(N)CSCC(=O)Nc1cccc(Br)c1. The highest BCUT2D eigenvalue weighted by molar-refractivity contribution is 9.10. The van der Waals surface area contributed by atoms with Crippen LogP contribution in [0.1, 0.15) is 0 Å². The zero-order valence-corrected chi connectivity index (χ0v) is 12.8. The first-order valence-corrected chi connectivity index (χ1v) is 7.44. The van der Waals surface area contributed by atoms with Gasteiger partial charge in [-0.3, -0.25) is 9.59 Å². The van der Waals surface area contributed by atoms with E-state index in [1.54, 1.807) is 6.07 Å². The Morgan fingerprint density at radius 2 is 2.26 bits per heavy atom. The molecule has 1 aromatic carbocycles. The highest BCUT2D eigenvalue weighted by Crippen LogP contribution is 2.16. The van der Waals surface area contributed by atoms with Crippen molar-refractivity contribution in [2.75, 3.05) is 23.9 Å². The van der Waals surface area contributed by atoms with Gasteiger partial charge in [0.15, 0.2) is 0 Å². The van der Waals surface area contributed by atoms with Gasteiger partial charge in [-0.1, -0.05) is 22.0 Å². The molecule has 0 saturated carbocycles. The number of nitrogens with two attached hydrogens (primary N) is 1. The van der Waals surface area contributed by atoms with E-state index in [2.05, 4.69) is 26.0 Å². The molecule has 1 aromatic rings. The lowest BCUT2D eigenvalue weighted by Gasteiger charge is -2.09. The summed E-state index contributed by atoms with van der Waals surface area (Å²) in [6.45, 7) is 0. The fourth-order valence-electron chi connectivity index (χ4n) is 1.26. The number of rotatable bonds is 6. The van der Waals surface area contributed by atoms with Crippen LogP contribution in [0.3, 0.4) is 0 Å². The average Bonchev–Trinajstić information content (AvgIpc) is 2.37. The van der Waals surface area contributed by atoms with Crippen molar-refractivity contribution in [1.29, 1.82) is 0 Å². The van der Waals surface area contributed by atoms with Crippen LogP contribution in [0.4, 0.5) is 5.69 Å². The van der Waals surface area contributed by atoms with Crippen LogP contribution < -0.4 is 11.1 Å². The Morgan fingerprint density at radius 3 is 2.89 bits per heavy atom. The Morgan fingerprint density at radius 1 is 1.53 bits per heavy atom. The average molecular weight is 347 g/mol. The van der Waals surface area contributed by atoms with Crippen LogP contribution in [0.25, 0.3) is 0 Å². The summed E-state index contributed by atoms with van der Waals surface area (Å²) in [5.41, 5.74) is 6.27. The standard InChI is InChI=1S/C12H15BrN2O3S/c1-18-12(17)10(14)6-19-7-11(16)15-9-4-2-3-8(13)5-9/h2-5,10H,6-7,14H2,1H3,(H,15,16). The van der Waals surface area contributed by atoms with Crippen LogP contribution in [0, 0.1) is 0 Å². The molecule has 0 fully saturated rings. The van der Waals surface area contributed by atoms with Crippen LogP contribution >= 0.6 is 27.7 Å². The number of benzene rings is 1. The van der Waals surface area contributed by atoms with Gasteiger partial charge >= 0.3 is 5.97 Å². The van der Waals surface area contributed by atoms with Gasteiger partial charge in [0.25, 0.3) is 0 Å². The third-order valence-electron chi connectivity index (χ3n) is 2.14. The Labute approximate surface area is 124 Å². The highest BCUT2D eigenvalue weighted by atomic mass is 79.9. The van der Waals surface area contributed by atoms with Crippen molar-refractivity contribution in [2.45, 2.75) is 6.04 Å². The maximum Gasteiger partial charge on any atom is 0.323 e. The summed E-state index contributed by atoms with van der Waals surface area (Å²) in [7, 11) is 1.28. The van der Waals surface area contributed by atoms with Crippen molar-refractivity contribution in [2.24, 2.45) is 5.73 Å². The lowest BCUT2D eigenvalue weighted by atomic mass is 10.3. The zero-order chi connectivity index (χ0) is 14.3. The molecule has 0 aliphatic heterocycles. The molecule has 0 bridgehead atoms. The van der Waals surface area contributed by atoms with Gasteiger partial charge in [0.2, 0.25) is 5.91 Å². The number of ether oxygens (including phenoxy) is 1.